The Morgan fingerprint density at radius 2 is 1.81 bits per heavy atom. The van der Waals surface area contributed by atoms with Crippen molar-refractivity contribution in [3.05, 3.63) is 63.9 Å². The van der Waals surface area contributed by atoms with Gasteiger partial charge >= 0.3 is 0 Å². The van der Waals surface area contributed by atoms with Crippen LogP contribution in [-0.2, 0) is 16.0 Å². The molecular formula is C19H19Cl2FN2O2. The van der Waals surface area contributed by atoms with E-state index in [9.17, 15) is 14.0 Å². The van der Waals surface area contributed by atoms with Crippen molar-refractivity contribution in [1.29, 1.82) is 0 Å². The lowest BCUT2D eigenvalue weighted by Gasteiger charge is -2.22. The Balaban J connectivity index is 1.86. The number of hydrogen-bond donors (Lipinski definition) is 1. The van der Waals surface area contributed by atoms with Crippen molar-refractivity contribution in [3.63, 3.8) is 0 Å². The Morgan fingerprint density at radius 1 is 1.12 bits per heavy atom. The van der Waals surface area contributed by atoms with E-state index in [1.807, 2.05) is 0 Å². The molecule has 0 aliphatic rings. The van der Waals surface area contributed by atoms with Crippen LogP contribution in [0.15, 0.2) is 42.5 Å². The minimum atomic E-state index is -0.290. The molecule has 7 heteroatoms. The molecule has 0 saturated carbocycles. The summed E-state index contributed by atoms with van der Waals surface area (Å²) in [4.78, 5) is 25.4. The SMILES string of the molecule is CC(=O)N(CCC(=O)NCCc1ccc(F)cc1)c1cccc(Cl)c1Cl. The zero-order chi connectivity index (χ0) is 19.1. The molecule has 0 fully saturated rings. The average Bonchev–Trinajstić information content (AvgIpc) is 2.60. The highest BCUT2D eigenvalue weighted by atomic mass is 35.5. The second-order valence-electron chi connectivity index (χ2n) is 5.72. The van der Waals surface area contributed by atoms with E-state index >= 15 is 0 Å². The van der Waals surface area contributed by atoms with Gasteiger partial charge in [0.05, 0.1) is 15.7 Å². The molecule has 4 nitrogen and oxygen atoms in total. The van der Waals surface area contributed by atoms with Gasteiger partial charge < -0.3 is 10.2 Å². The van der Waals surface area contributed by atoms with Crippen molar-refractivity contribution in [2.75, 3.05) is 18.0 Å². The number of nitrogens with one attached hydrogen (secondary N) is 1. The van der Waals surface area contributed by atoms with Crippen molar-refractivity contribution in [2.24, 2.45) is 0 Å². The molecule has 2 aromatic carbocycles. The van der Waals surface area contributed by atoms with Gasteiger partial charge in [-0.2, -0.15) is 0 Å². The molecule has 0 saturated heterocycles. The Bertz CT molecular complexity index is 782. The highest BCUT2D eigenvalue weighted by Gasteiger charge is 2.17. The van der Waals surface area contributed by atoms with Crippen LogP contribution in [0, 0.1) is 5.82 Å². The number of carbonyl (C=O) groups is 2. The third-order valence-electron chi connectivity index (χ3n) is 3.81. The maximum absolute atomic E-state index is 12.9. The first-order valence-electron chi connectivity index (χ1n) is 8.11. The van der Waals surface area contributed by atoms with E-state index in [4.69, 9.17) is 23.2 Å². The number of carbonyl (C=O) groups excluding carboxylic acids is 2. The van der Waals surface area contributed by atoms with Crippen LogP contribution in [0.25, 0.3) is 0 Å². The minimum Gasteiger partial charge on any atom is -0.356 e. The normalized spacial score (nSPS) is 10.5. The van der Waals surface area contributed by atoms with Gasteiger partial charge in [0.15, 0.2) is 0 Å². The van der Waals surface area contributed by atoms with E-state index in [1.54, 1.807) is 30.3 Å². The van der Waals surface area contributed by atoms with Crippen molar-refractivity contribution in [1.82, 2.24) is 5.32 Å². The lowest BCUT2D eigenvalue weighted by molar-refractivity contribution is -0.121. The highest BCUT2D eigenvalue weighted by molar-refractivity contribution is 6.44. The van der Waals surface area contributed by atoms with Gasteiger partial charge in [0, 0.05) is 26.4 Å². The lowest BCUT2D eigenvalue weighted by Crippen LogP contribution is -2.34. The Morgan fingerprint density at radius 3 is 2.46 bits per heavy atom. The van der Waals surface area contributed by atoms with Crippen LogP contribution in [0.1, 0.15) is 18.9 Å². The summed E-state index contributed by atoms with van der Waals surface area (Å²) in [6, 6.07) is 11.1. The van der Waals surface area contributed by atoms with E-state index in [0.717, 1.165) is 5.56 Å². The molecule has 0 radical (unpaired) electrons. The molecule has 0 spiro atoms. The molecular weight excluding hydrogens is 378 g/mol. The second kappa shape index (κ2) is 9.55. The van der Waals surface area contributed by atoms with Crippen LogP contribution in [0.2, 0.25) is 10.0 Å². The predicted octanol–water partition coefficient (Wildman–Crippen LogP) is 4.23. The third kappa shape index (κ3) is 5.71. The van der Waals surface area contributed by atoms with Crippen molar-refractivity contribution < 1.29 is 14.0 Å². The fourth-order valence-electron chi connectivity index (χ4n) is 2.45. The van der Waals surface area contributed by atoms with Gasteiger partial charge in [-0.1, -0.05) is 41.4 Å². The molecule has 0 unspecified atom stereocenters. The summed E-state index contributed by atoms with van der Waals surface area (Å²) < 4.78 is 12.9. The summed E-state index contributed by atoms with van der Waals surface area (Å²) in [6.45, 7) is 2.03. The number of amides is 2. The van der Waals surface area contributed by atoms with Crippen LogP contribution in [0.5, 0.6) is 0 Å². The maximum Gasteiger partial charge on any atom is 0.223 e. The topological polar surface area (TPSA) is 49.4 Å². The first-order valence-corrected chi connectivity index (χ1v) is 8.87. The number of halogens is 3. The van der Waals surface area contributed by atoms with Gasteiger partial charge in [0.1, 0.15) is 5.82 Å². The fraction of sp³-hybridized carbons (Fsp3) is 0.263. The molecule has 0 aliphatic heterocycles. The summed E-state index contributed by atoms with van der Waals surface area (Å²) >= 11 is 12.1. The standard InChI is InChI=1S/C19H19Cl2FN2O2/c1-13(25)24(17-4-2-3-16(20)19(17)21)12-10-18(26)23-11-9-14-5-7-15(22)8-6-14/h2-8H,9-12H2,1H3,(H,23,26). The smallest absolute Gasteiger partial charge is 0.223 e. The quantitative estimate of drug-likeness (QED) is 0.760. The molecule has 2 aromatic rings. The fourth-order valence-corrected chi connectivity index (χ4v) is 2.85. The van der Waals surface area contributed by atoms with Crippen LogP contribution < -0.4 is 10.2 Å². The summed E-state index contributed by atoms with van der Waals surface area (Å²) in [5.41, 5.74) is 1.41. The first-order chi connectivity index (χ1) is 12.4. The van der Waals surface area contributed by atoms with E-state index < -0.39 is 0 Å². The zero-order valence-corrected chi connectivity index (χ0v) is 15.8. The molecule has 138 valence electrons. The van der Waals surface area contributed by atoms with Crippen molar-refractivity contribution >= 4 is 40.7 Å². The van der Waals surface area contributed by atoms with Gasteiger partial charge in [-0.05, 0) is 36.2 Å². The molecule has 0 aromatic heterocycles. The van der Waals surface area contributed by atoms with E-state index in [1.165, 1.54) is 24.0 Å². The van der Waals surface area contributed by atoms with Gasteiger partial charge in [0.2, 0.25) is 11.8 Å². The van der Waals surface area contributed by atoms with E-state index in [0.29, 0.717) is 23.7 Å². The molecule has 0 heterocycles. The predicted molar refractivity (Wildman–Crippen MR) is 102 cm³/mol. The molecule has 0 atom stereocenters. The Kier molecular flexibility index (Phi) is 7.42. The van der Waals surface area contributed by atoms with Crippen molar-refractivity contribution in [3.8, 4) is 0 Å². The van der Waals surface area contributed by atoms with Crippen LogP contribution in [0.3, 0.4) is 0 Å². The highest BCUT2D eigenvalue weighted by Crippen LogP contribution is 2.32. The molecule has 1 N–H and O–H groups in total. The first kappa shape index (κ1) is 20.2. The van der Waals surface area contributed by atoms with E-state index in [-0.39, 0.29) is 35.6 Å². The summed E-state index contributed by atoms with van der Waals surface area (Å²) in [5, 5.41) is 3.41. The molecule has 2 rings (SSSR count). The van der Waals surface area contributed by atoms with Gasteiger partial charge in [-0.3, -0.25) is 9.59 Å². The molecule has 2 amide bonds. The Labute approximate surface area is 161 Å². The monoisotopic (exact) mass is 396 g/mol. The van der Waals surface area contributed by atoms with Gasteiger partial charge in [-0.25, -0.2) is 4.39 Å². The largest absolute Gasteiger partial charge is 0.356 e. The maximum atomic E-state index is 12.9. The van der Waals surface area contributed by atoms with Gasteiger partial charge in [-0.15, -0.1) is 0 Å². The van der Waals surface area contributed by atoms with Crippen LogP contribution >= 0.6 is 23.2 Å². The molecule has 0 bridgehead atoms. The van der Waals surface area contributed by atoms with Crippen LogP contribution in [0.4, 0.5) is 10.1 Å². The lowest BCUT2D eigenvalue weighted by atomic mass is 10.1. The average molecular weight is 397 g/mol. The summed E-state index contributed by atoms with van der Waals surface area (Å²) in [5.74, 6) is -0.702. The Hall–Kier alpha value is -2.11. The molecule has 0 aliphatic carbocycles. The summed E-state index contributed by atoms with van der Waals surface area (Å²) in [6.07, 6.45) is 0.731. The number of rotatable bonds is 7. The van der Waals surface area contributed by atoms with Gasteiger partial charge in [0.25, 0.3) is 0 Å². The minimum absolute atomic E-state index is 0.131. The van der Waals surface area contributed by atoms with Crippen LogP contribution in [-0.4, -0.2) is 24.9 Å². The second-order valence-corrected chi connectivity index (χ2v) is 6.51. The number of hydrogen-bond acceptors (Lipinski definition) is 2. The number of benzene rings is 2. The zero-order valence-electron chi connectivity index (χ0n) is 14.3. The third-order valence-corrected chi connectivity index (χ3v) is 4.62. The van der Waals surface area contributed by atoms with E-state index in [2.05, 4.69) is 5.32 Å². The van der Waals surface area contributed by atoms with Crippen molar-refractivity contribution in [2.45, 2.75) is 19.8 Å². The molecule has 26 heavy (non-hydrogen) atoms. The number of nitrogens with zero attached hydrogens (tertiary/aromatic N) is 1. The number of anilines is 1. The summed E-state index contributed by atoms with van der Waals surface area (Å²) in [7, 11) is 0.